The van der Waals surface area contributed by atoms with Crippen molar-refractivity contribution in [2.75, 3.05) is 11.9 Å². The van der Waals surface area contributed by atoms with Crippen LogP contribution in [0.25, 0.3) is 0 Å². The van der Waals surface area contributed by atoms with Gasteiger partial charge in [-0.25, -0.2) is 13.8 Å². The third-order valence-corrected chi connectivity index (χ3v) is 1.59. The second-order valence-corrected chi connectivity index (χ2v) is 2.62. The van der Waals surface area contributed by atoms with Crippen molar-refractivity contribution < 1.29 is 8.78 Å². The fourth-order valence-electron chi connectivity index (χ4n) is 0.953. The molecule has 74 valence electrons. The van der Waals surface area contributed by atoms with Gasteiger partial charge in [0.1, 0.15) is 6.07 Å². The first-order chi connectivity index (χ1) is 6.74. The van der Waals surface area contributed by atoms with Gasteiger partial charge in [-0.3, -0.25) is 0 Å². The van der Waals surface area contributed by atoms with Crippen molar-refractivity contribution in [3.8, 4) is 6.07 Å². The van der Waals surface area contributed by atoms with E-state index in [2.05, 4.69) is 10.3 Å². The Morgan fingerprint density at radius 1 is 1.57 bits per heavy atom. The summed E-state index contributed by atoms with van der Waals surface area (Å²) in [7, 11) is 0. The van der Waals surface area contributed by atoms with Gasteiger partial charge in [-0.1, -0.05) is 0 Å². The Balaban J connectivity index is 2.54. The van der Waals surface area contributed by atoms with Crippen LogP contribution in [0.1, 0.15) is 12.1 Å². The minimum absolute atomic E-state index is 0.137. The first-order valence-corrected chi connectivity index (χ1v) is 4.11. The van der Waals surface area contributed by atoms with Gasteiger partial charge in [0.15, 0.2) is 5.69 Å². The van der Waals surface area contributed by atoms with Gasteiger partial charge >= 0.3 is 0 Å². The monoisotopic (exact) mass is 197 g/mol. The fraction of sp³-hybridized carbons (Fsp3) is 0.333. The molecule has 0 fully saturated rings. The number of nitriles is 1. The highest BCUT2D eigenvalue weighted by Gasteiger charge is 2.04. The lowest BCUT2D eigenvalue weighted by Gasteiger charge is -2.05. The maximum absolute atomic E-state index is 11.8. The number of rotatable bonds is 4. The number of alkyl halides is 2. The summed E-state index contributed by atoms with van der Waals surface area (Å²) in [6, 6.07) is 5.15. The summed E-state index contributed by atoms with van der Waals surface area (Å²) in [4.78, 5) is 3.78. The van der Waals surface area contributed by atoms with E-state index in [1.54, 1.807) is 12.1 Å². The molecule has 0 spiro atoms. The van der Waals surface area contributed by atoms with Gasteiger partial charge in [0.25, 0.3) is 0 Å². The Kier molecular flexibility index (Phi) is 3.80. The molecule has 0 amide bonds. The normalized spacial score (nSPS) is 9.86. The Morgan fingerprint density at radius 2 is 2.36 bits per heavy atom. The third-order valence-electron chi connectivity index (χ3n) is 1.59. The van der Waals surface area contributed by atoms with Crippen molar-refractivity contribution in [2.24, 2.45) is 0 Å². The number of nitrogens with one attached hydrogen (secondary N) is 1. The summed E-state index contributed by atoms with van der Waals surface area (Å²) >= 11 is 0. The fourth-order valence-corrected chi connectivity index (χ4v) is 0.953. The topological polar surface area (TPSA) is 48.7 Å². The molecular weight excluding hydrogens is 188 g/mol. The summed E-state index contributed by atoms with van der Waals surface area (Å²) in [5.41, 5.74) is 0.720. The Labute approximate surface area is 80.4 Å². The predicted molar refractivity (Wildman–Crippen MR) is 48.1 cm³/mol. The van der Waals surface area contributed by atoms with Crippen LogP contribution in [0.3, 0.4) is 0 Å². The molecule has 0 unspecified atom stereocenters. The molecule has 0 saturated heterocycles. The van der Waals surface area contributed by atoms with Crippen molar-refractivity contribution in [2.45, 2.75) is 12.8 Å². The van der Waals surface area contributed by atoms with Gasteiger partial charge in [-0.15, -0.1) is 0 Å². The minimum Gasteiger partial charge on any atom is -0.382 e. The van der Waals surface area contributed by atoms with Crippen LogP contribution in [-0.2, 0) is 0 Å². The van der Waals surface area contributed by atoms with E-state index in [1.165, 1.54) is 6.20 Å². The van der Waals surface area contributed by atoms with E-state index in [0.717, 1.165) is 0 Å². The molecule has 14 heavy (non-hydrogen) atoms. The van der Waals surface area contributed by atoms with Crippen LogP contribution in [0.5, 0.6) is 0 Å². The smallest absolute Gasteiger partial charge is 0.240 e. The van der Waals surface area contributed by atoms with Crippen molar-refractivity contribution in [3.63, 3.8) is 0 Å². The summed E-state index contributed by atoms with van der Waals surface area (Å²) < 4.78 is 23.6. The summed E-state index contributed by atoms with van der Waals surface area (Å²) in [6.07, 6.45) is -1.08. The number of hydrogen-bond donors (Lipinski definition) is 1. The van der Waals surface area contributed by atoms with Crippen molar-refractivity contribution in [3.05, 3.63) is 24.0 Å². The molecule has 0 aromatic carbocycles. The number of hydrogen-bond acceptors (Lipinski definition) is 3. The van der Waals surface area contributed by atoms with Crippen LogP contribution in [0, 0.1) is 11.3 Å². The van der Waals surface area contributed by atoms with Crippen LogP contribution >= 0.6 is 0 Å². The highest BCUT2D eigenvalue weighted by atomic mass is 19.3. The van der Waals surface area contributed by atoms with Crippen molar-refractivity contribution >= 4 is 5.69 Å². The number of aromatic nitrogens is 1. The zero-order valence-electron chi connectivity index (χ0n) is 7.37. The van der Waals surface area contributed by atoms with Crippen LogP contribution < -0.4 is 5.32 Å². The number of nitrogens with zero attached hydrogens (tertiary/aromatic N) is 2. The maximum Gasteiger partial charge on any atom is 0.240 e. The lowest BCUT2D eigenvalue weighted by Crippen LogP contribution is -2.07. The van der Waals surface area contributed by atoms with E-state index >= 15 is 0 Å². The molecular formula is C9H9F2N3. The second kappa shape index (κ2) is 5.12. The quantitative estimate of drug-likeness (QED) is 0.803. The van der Waals surface area contributed by atoms with E-state index in [9.17, 15) is 8.78 Å². The Morgan fingerprint density at radius 3 is 3.00 bits per heavy atom. The molecule has 0 aliphatic heterocycles. The van der Waals surface area contributed by atoms with E-state index in [0.29, 0.717) is 5.69 Å². The Hall–Kier alpha value is -1.70. The van der Waals surface area contributed by atoms with Gasteiger partial charge < -0.3 is 5.32 Å². The molecule has 0 radical (unpaired) electrons. The van der Waals surface area contributed by atoms with Gasteiger partial charge in [0, 0.05) is 19.2 Å². The molecule has 3 nitrogen and oxygen atoms in total. The van der Waals surface area contributed by atoms with Gasteiger partial charge in [-0.2, -0.15) is 5.26 Å². The lowest BCUT2D eigenvalue weighted by molar-refractivity contribution is 0.142. The number of halogens is 2. The molecule has 1 rings (SSSR count). The molecule has 5 heteroatoms. The molecule has 0 atom stereocenters. The SMILES string of the molecule is N#Cc1ncccc1NCCC(F)F. The van der Waals surface area contributed by atoms with E-state index in [4.69, 9.17) is 5.26 Å². The van der Waals surface area contributed by atoms with Crippen LogP contribution in [-0.4, -0.2) is 18.0 Å². The average molecular weight is 197 g/mol. The predicted octanol–water partition coefficient (Wildman–Crippen LogP) is 2.02. The van der Waals surface area contributed by atoms with E-state index in [-0.39, 0.29) is 18.7 Å². The molecule has 0 aliphatic rings. The van der Waals surface area contributed by atoms with Crippen molar-refractivity contribution in [1.82, 2.24) is 4.98 Å². The number of anilines is 1. The summed E-state index contributed by atoms with van der Waals surface area (Å²) in [6.45, 7) is 0.137. The molecule has 0 aliphatic carbocycles. The molecule has 1 heterocycles. The van der Waals surface area contributed by atoms with Crippen LogP contribution in [0.2, 0.25) is 0 Å². The average Bonchev–Trinajstić information content (AvgIpc) is 2.18. The van der Waals surface area contributed by atoms with Crippen molar-refractivity contribution in [1.29, 1.82) is 5.26 Å². The van der Waals surface area contributed by atoms with Crippen LogP contribution in [0.15, 0.2) is 18.3 Å². The molecule has 1 N–H and O–H groups in total. The van der Waals surface area contributed by atoms with E-state index in [1.807, 2.05) is 6.07 Å². The first-order valence-electron chi connectivity index (χ1n) is 4.11. The molecule has 1 aromatic rings. The molecule has 0 saturated carbocycles. The third kappa shape index (κ3) is 2.98. The minimum atomic E-state index is -2.33. The molecule has 0 bridgehead atoms. The van der Waals surface area contributed by atoms with Gasteiger partial charge in [0.05, 0.1) is 5.69 Å². The Bertz CT molecular complexity index is 333. The van der Waals surface area contributed by atoms with Gasteiger partial charge in [-0.05, 0) is 12.1 Å². The van der Waals surface area contributed by atoms with Gasteiger partial charge in [0.2, 0.25) is 6.43 Å². The standard InChI is InChI=1S/C9H9F2N3/c10-9(11)3-5-14-7-2-1-4-13-8(7)6-12/h1-2,4,9,14H,3,5H2. The highest BCUT2D eigenvalue weighted by Crippen LogP contribution is 2.11. The van der Waals surface area contributed by atoms with Crippen LogP contribution in [0.4, 0.5) is 14.5 Å². The van der Waals surface area contributed by atoms with E-state index < -0.39 is 6.43 Å². The summed E-state index contributed by atoms with van der Waals surface area (Å²) in [5.74, 6) is 0. The second-order valence-electron chi connectivity index (χ2n) is 2.62. The summed E-state index contributed by atoms with van der Waals surface area (Å²) in [5, 5.41) is 11.4. The lowest BCUT2D eigenvalue weighted by atomic mass is 10.3. The number of pyridine rings is 1. The zero-order chi connectivity index (χ0) is 10.4. The largest absolute Gasteiger partial charge is 0.382 e. The highest BCUT2D eigenvalue weighted by molar-refractivity contribution is 5.53. The first kappa shape index (κ1) is 10.4. The molecule has 1 aromatic heterocycles. The maximum atomic E-state index is 11.8. The zero-order valence-corrected chi connectivity index (χ0v) is 7.37.